The molecule has 0 unspecified atom stereocenters. The summed E-state index contributed by atoms with van der Waals surface area (Å²) in [6.07, 6.45) is 1.93. The van der Waals surface area contributed by atoms with Crippen molar-refractivity contribution in [1.29, 1.82) is 0 Å². The molecule has 3 aromatic rings. The number of imidazole rings is 1. The van der Waals surface area contributed by atoms with Gasteiger partial charge in [0.2, 0.25) is 0 Å². The van der Waals surface area contributed by atoms with Crippen LogP contribution in [-0.4, -0.2) is 45.2 Å². The largest absolute Gasteiger partial charge is 0.366 e. The maximum absolute atomic E-state index is 14.2. The molecule has 0 spiro atoms. The monoisotopic (exact) mass is 344 g/mol. The maximum atomic E-state index is 14.2. The molecule has 25 heavy (non-hydrogen) atoms. The van der Waals surface area contributed by atoms with E-state index in [0.29, 0.717) is 36.5 Å². The molecular weight excluding hydrogens is 326 g/mol. The Morgan fingerprint density at radius 3 is 2.88 bits per heavy atom. The molecule has 1 N–H and O–H groups in total. The number of benzene rings is 1. The van der Waals surface area contributed by atoms with Gasteiger partial charge in [0.1, 0.15) is 30.5 Å². The summed E-state index contributed by atoms with van der Waals surface area (Å²) >= 11 is 0. The highest BCUT2D eigenvalue weighted by molar-refractivity contribution is 5.74. The van der Waals surface area contributed by atoms with Crippen molar-refractivity contribution in [3.8, 4) is 0 Å². The van der Waals surface area contributed by atoms with Crippen LogP contribution in [0.5, 0.6) is 0 Å². The normalized spacial score (nSPS) is 21.2. The highest BCUT2D eigenvalue weighted by atomic mass is 19.1. The fourth-order valence-electron chi connectivity index (χ4n) is 3.13. The molecule has 2 atom stereocenters. The second-order valence-corrected chi connectivity index (χ2v) is 6.26. The lowest BCUT2D eigenvalue weighted by atomic mass is 10.2. The van der Waals surface area contributed by atoms with E-state index < -0.39 is 12.3 Å². The fourth-order valence-corrected chi connectivity index (χ4v) is 3.13. The van der Waals surface area contributed by atoms with E-state index in [9.17, 15) is 8.78 Å². The number of ether oxygens (including phenoxy) is 1. The number of likely N-dealkylation sites (tertiary alicyclic amines) is 1. The number of aromatic nitrogens is 3. The van der Waals surface area contributed by atoms with Gasteiger partial charge in [-0.05, 0) is 35.9 Å². The third-order valence-electron chi connectivity index (χ3n) is 4.36. The lowest BCUT2D eigenvalue weighted by Crippen LogP contribution is -2.24. The number of H-pyrrole nitrogens is 1. The summed E-state index contributed by atoms with van der Waals surface area (Å²) in [5, 5.41) is 0. The van der Waals surface area contributed by atoms with Crippen LogP contribution in [0.2, 0.25) is 0 Å². The molecule has 130 valence electrons. The summed E-state index contributed by atoms with van der Waals surface area (Å²) in [4.78, 5) is 13.4. The minimum atomic E-state index is -1.04. The Labute approximate surface area is 143 Å². The molecule has 3 heterocycles. The first-order chi connectivity index (χ1) is 12.2. The molecule has 7 heteroatoms. The third-order valence-corrected chi connectivity index (χ3v) is 4.36. The second-order valence-electron chi connectivity index (χ2n) is 6.26. The van der Waals surface area contributed by atoms with Crippen LogP contribution in [0.1, 0.15) is 11.4 Å². The van der Waals surface area contributed by atoms with Gasteiger partial charge in [-0.1, -0.05) is 0 Å². The molecule has 1 aromatic carbocycles. The zero-order chi connectivity index (χ0) is 17.2. The Morgan fingerprint density at radius 2 is 2.04 bits per heavy atom. The van der Waals surface area contributed by atoms with Crippen LogP contribution in [0.4, 0.5) is 8.78 Å². The lowest BCUT2D eigenvalue weighted by molar-refractivity contribution is 0.00863. The van der Waals surface area contributed by atoms with E-state index in [1.807, 2.05) is 17.0 Å². The average Bonchev–Trinajstić information content (AvgIpc) is 3.16. The van der Waals surface area contributed by atoms with Crippen molar-refractivity contribution in [2.75, 3.05) is 13.1 Å². The van der Waals surface area contributed by atoms with Gasteiger partial charge >= 0.3 is 0 Å². The van der Waals surface area contributed by atoms with Gasteiger partial charge in [0, 0.05) is 32.0 Å². The van der Waals surface area contributed by atoms with Crippen molar-refractivity contribution < 1.29 is 13.5 Å². The van der Waals surface area contributed by atoms with Crippen LogP contribution >= 0.6 is 0 Å². The zero-order valence-electron chi connectivity index (χ0n) is 13.5. The van der Waals surface area contributed by atoms with Crippen molar-refractivity contribution in [3.63, 3.8) is 0 Å². The van der Waals surface area contributed by atoms with Crippen LogP contribution in [0.3, 0.4) is 0 Å². The van der Waals surface area contributed by atoms with Gasteiger partial charge in [-0.3, -0.25) is 9.88 Å². The molecule has 5 nitrogen and oxygen atoms in total. The zero-order valence-corrected chi connectivity index (χ0v) is 13.5. The highest BCUT2D eigenvalue weighted by Gasteiger charge is 2.33. The molecule has 0 bridgehead atoms. The van der Waals surface area contributed by atoms with Crippen molar-refractivity contribution >= 4 is 11.0 Å². The van der Waals surface area contributed by atoms with Crippen molar-refractivity contribution in [2.45, 2.75) is 25.4 Å². The summed E-state index contributed by atoms with van der Waals surface area (Å²) in [7, 11) is 0. The summed E-state index contributed by atoms with van der Waals surface area (Å²) in [6, 6.07) is 8.20. The minimum Gasteiger partial charge on any atom is -0.366 e. The standard InChI is InChI=1S/C18H18F2N4O/c19-13-1-2-15-16(7-13)23-18(22-15)11-25-17-10-24(9-14(17)20)8-12-3-5-21-6-4-12/h1-7,14,17H,8-11H2,(H,22,23)/t14-,17+/m1/s1. The smallest absolute Gasteiger partial charge is 0.140 e. The first kappa shape index (κ1) is 16.1. The summed E-state index contributed by atoms with van der Waals surface area (Å²) < 4.78 is 33.2. The molecule has 0 radical (unpaired) electrons. The van der Waals surface area contributed by atoms with Crippen LogP contribution in [-0.2, 0) is 17.9 Å². The molecule has 0 amide bonds. The molecule has 0 saturated carbocycles. The van der Waals surface area contributed by atoms with E-state index in [2.05, 4.69) is 15.0 Å². The van der Waals surface area contributed by atoms with Gasteiger partial charge in [-0.25, -0.2) is 13.8 Å². The first-order valence-electron chi connectivity index (χ1n) is 8.18. The number of pyridine rings is 1. The Hall–Kier alpha value is -2.38. The average molecular weight is 344 g/mol. The number of fused-ring (bicyclic) bond motifs is 1. The molecule has 1 aliphatic rings. The molecule has 2 aromatic heterocycles. The van der Waals surface area contributed by atoms with Gasteiger partial charge in [0.05, 0.1) is 11.0 Å². The molecule has 1 aliphatic heterocycles. The SMILES string of the molecule is Fc1ccc2nc(CO[C@H]3CN(Cc4ccncc4)C[C@H]3F)[nH]c2c1. The first-order valence-corrected chi connectivity index (χ1v) is 8.18. The number of nitrogens with one attached hydrogen (secondary N) is 1. The van der Waals surface area contributed by atoms with E-state index in [0.717, 1.165) is 5.56 Å². The number of alkyl halides is 1. The topological polar surface area (TPSA) is 54.0 Å². The Balaban J connectivity index is 1.35. The number of hydrogen-bond donors (Lipinski definition) is 1. The van der Waals surface area contributed by atoms with Crippen molar-refractivity contribution in [3.05, 3.63) is 59.9 Å². The van der Waals surface area contributed by atoms with E-state index in [-0.39, 0.29) is 12.4 Å². The highest BCUT2D eigenvalue weighted by Crippen LogP contribution is 2.21. The lowest BCUT2D eigenvalue weighted by Gasteiger charge is -2.15. The molecule has 0 aliphatic carbocycles. The summed E-state index contributed by atoms with van der Waals surface area (Å²) in [5.41, 5.74) is 2.38. The summed E-state index contributed by atoms with van der Waals surface area (Å²) in [6.45, 7) is 1.72. The van der Waals surface area contributed by atoms with E-state index in [1.54, 1.807) is 18.5 Å². The number of nitrogens with zero attached hydrogens (tertiary/aromatic N) is 3. The molecular formula is C18H18F2N4O. The van der Waals surface area contributed by atoms with E-state index in [1.165, 1.54) is 12.1 Å². The predicted molar refractivity (Wildman–Crippen MR) is 89.0 cm³/mol. The van der Waals surface area contributed by atoms with Crippen LogP contribution in [0.25, 0.3) is 11.0 Å². The van der Waals surface area contributed by atoms with Gasteiger partial charge in [-0.2, -0.15) is 0 Å². The molecule has 4 rings (SSSR count). The summed E-state index contributed by atoms with van der Waals surface area (Å²) in [5.74, 6) is 0.246. The quantitative estimate of drug-likeness (QED) is 0.773. The van der Waals surface area contributed by atoms with Crippen molar-refractivity contribution in [2.24, 2.45) is 0 Å². The van der Waals surface area contributed by atoms with Crippen molar-refractivity contribution in [1.82, 2.24) is 19.9 Å². The van der Waals surface area contributed by atoms with Gasteiger partial charge in [-0.15, -0.1) is 0 Å². The van der Waals surface area contributed by atoms with Gasteiger partial charge in [0.25, 0.3) is 0 Å². The Morgan fingerprint density at radius 1 is 1.20 bits per heavy atom. The number of aromatic amines is 1. The fraction of sp³-hybridized carbons (Fsp3) is 0.333. The van der Waals surface area contributed by atoms with E-state index in [4.69, 9.17) is 4.74 Å². The van der Waals surface area contributed by atoms with Gasteiger partial charge in [0.15, 0.2) is 0 Å². The number of hydrogen-bond acceptors (Lipinski definition) is 4. The molecule has 1 fully saturated rings. The van der Waals surface area contributed by atoms with Crippen LogP contribution in [0.15, 0.2) is 42.7 Å². The number of rotatable bonds is 5. The Kier molecular flexibility index (Phi) is 4.42. The second kappa shape index (κ2) is 6.85. The van der Waals surface area contributed by atoms with Crippen LogP contribution in [0, 0.1) is 5.82 Å². The minimum absolute atomic E-state index is 0.171. The maximum Gasteiger partial charge on any atom is 0.140 e. The third kappa shape index (κ3) is 3.67. The Bertz CT molecular complexity index is 855. The molecule has 1 saturated heterocycles. The number of halogens is 2. The predicted octanol–water partition coefficient (Wildman–Crippen LogP) is 2.84. The van der Waals surface area contributed by atoms with Crippen LogP contribution < -0.4 is 0 Å². The van der Waals surface area contributed by atoms with E-state index >= 15 is 0 Å². The van der Waals surface area contributed by atoms with Gasteiger partial charge < -0.3 is 9.72 Å².